The van der Waals surface area contributed by atoms with Crippen LogP contribution in [0.3, 0.4) is 0 Å². The van der Waals surface area contributed by atoms with Crippen LogP contribution in [0.1, 0.15) is 19.3 Å². The van der Waals surface area contributed by atoms with Gasteiger partial charge in [0.1, 0.15) is 5.84 Å². The fourth-order valence-corrected chi connectivity index (χ4v) is 1.09. The molecule has 0 radical (unpaired) electrons. The smallest absolute Gasteiger partial charge is 0.139 e. The van der Waals surface area contributed by atoms with E-state index in [9.17, 15) is 0 Å². The van der Waals surface area contributed by atoms with Gasteiger partial charge in [-0.15, -0.1) is 0 Å². The largest absolute Gasteiger partial charge is 0.409 e. The second-order valence-electron chi connectivity index (χ2n) is 3.60. The number of hydrogen-bond donors (Lipinski definition) is 3. The van der Waals surface area contributed by atoms with Crippen molar-refractivity contribution in [2.75, 3.05) is 33.7 Å². The van der Waals surface area contributed by atoms with E-state index in [1.54, 1.807) is 0 Å². The van der Waals surface area contributed by atoms with Crippen LogP contribution in [0.25, 0.3) is 0 Å². The molecule has 0 atom stereocenters. The summed E-state index contributed by atoms with van der Waals surface area (Å²) in [4.78, 5) is 2.16. The van der Waals surface area contributed by atoms with Crippen molar-refractivity contribution in [3.05, 3.63) is 0 Å². The molecule has 0 amide bonds. The highest BCUT2D eigenvalue weighted by molar-refractivity contribution is 5.79. The molecule has 0 aromatic rings. The van der Waals surface area contributed by atoms with Gasteiger partial charge in [0, 0.05) is 6.42 Å². The predicted molar refractivity (Wildman–Crippen MR) is 58.7 cm³/mol. The standard InChI is InChI=1S/C9H22N4O/c1-13(2)8-4-7-11-6-3-5-9(10)12-14/h11,14H,3-8H2,1-2H3,(H2,10,12). The zero-order valence-electron chi connectivity index (χ0n) is 9.16. The Morgan fingerprint density at radius 2 is 2.00 bits per heavy atom. The number of rotatable bonds is 8. The molecule has 0 aromatic heterocycles. The lowest BCUT2D eigenvalue weighted by molar-refractivity contribution is 0.316. The maximum Gasteiger partial charge on any atom is 0.139 e. The Hall–Kier alpha value is -0.810. The molecule has 0 unspecified atom stereocenters. The normalized spacial score (nSPS) is 12.4. The van der Waals surface area contributed by atoms with Crippen molar-refractivity contribution >= 4 is 5.84 Å². The zero-order chi connectivity index (χ0) is 10.8. The minimum absolute atomic E-state index is 0.306. The lowest BCUT2D eigenvalue weighted by Gasteiger charge is -2.09. The summed E-state index contributed by atoms with van der Waals surface area (Å²) in [5.74, 6) is 0.306. The van der Waals surface area contributed by atoms with E-state index in [1.165, 1.54) is 0 Å². The van der Waals surface area contributed by atoms with Crippen molar-refractivity contribution in [3.8, 4) is 0 Å². The van der Waals surface area contributed by atoms with Crippen molar-refractivity contribution in [2.45, 2.75) is 19.3 Å². The number of nitrogens with zero attached hydrogens (tertiary/aromatic N) is 2. The van der Waals surface area contributed by atoms with Crippen LogP contribution >= 0.6 is 0 Å². The van der Waals surface area contributed by atoms with Crippen molar-refractivity contribution in [2.24, 2.45) is 10.9 Å². The SMILES string of the molecule is CN(C)CCCNCCCC(N)=NO. The van der Waals surface area contributed by atoms with Crippen molar-refractivity contribution in [1.29, 1.82) is 0 Å². The summed E-state index contributed by atoms with van der Waals surface area (Å²) in [6.07, 6.45) is 2.71. The van der Waals surface area contributed by atoms with E-state index in [1.807, 2.05) is 0 Å². The molecule has 0 aliphatic carbocycles. The van der Waals surface area contributed by atoms with Crippen LogP contribution in [0.2, 0.25) is 0 Å². The molecule has 0 aliphatic rings. The Labute approximate surface area is 86.0 Å². The average Bonchev–Trinajstić information content (AvgIpc) is 2.15. The van der Waals surface area contributed by atoms with Crippen molar-refractivity contribution in [1.82, 2.24) is 10.2 Å². The zero-order valence-corrected chi connectivity index (χ0v) is 9.16. The third kappa shape index (κ3) is 9.28. The van der Waals surface area contributed by atoms with Gasteiger partial charge in [-0.25, -0.2) is 0 Å². The summed E-state index contributed by atoms with van der Waals surface area (Å²) >= 11 is 0. The van der Waals surface area contributed by atoms with Gasteiger partial charge in [-0.05, 0) is 46.6 Å². The molecule has 84 valence electrons. The molecule has 0 saturated carbocycles. The lowest BCUT2D eigenvalue weighted by Crippen LogP contribution is -2.23. The fourth-order valence-electron chi connectivity index (χ4n) is 1.09. The Morgan fingerprint density at radius 1 is 1.36 bits per heavy atom. The summed E-state index contributed by atoms with van der Waals surface area (Å²) in [6, 6.07) is 0. The van der Waals surface area contributed by atoms with E-state index in [-0.39, 0.29) is 0 Å². The molecule has 0 rings (SSSR count). The molecule has 0 spiro atoms. The van der Waals surface area contributed by atoms with E-state index in [0.717, 1.165) is 32.5 Å². The highest BCUT2D eigenvalue weighted by Crippen LogP contribution is 1.87. The highest BCUT2D eigenvalue weighted by atomic mass is 16.4. The van der Waals surface area contributed by atoms with Crippen LogP contribution in [-0.4, -0.2) is 49.7 Å². The molecule has 0 heterocycles. The van der Waals surface area contributed by atoms with Crippen LogP contribution in [0.15, 0.2) is 5.16 Å². The van der Waals surface area contributed by atoms with Gasteiger partial charge in [0.2, 0.25) is 0 Å². The number of nitrogens with two attached hydrogens (primary N) is 1. The van der Waals surface area contributed by atoms with Gasteiger partial charge in [0.05, 0.1) is 0 Å². The van der Waals surface area contributed by atoms with Crippen LogP contribution in [0, 0.1) is 0 Å². The van der Waals surface area contributed by atoms with E-state index >= 15 is 0 Å². The van der Waals surface area contributed by atoms with Crippen molar-refractivity contribution < 1.29 is 5.21 Å². The van der Waals surface area contributed by atoms with Gasteiger partial charge in [0.25, 0.3) is 0 Å². The predicted octanol–water partition coefficient (Wildman–Crippen LogP) is 0.0543. The first-order valence-electron chi connectivity index (χ1n) is 4.98. The quantitative estimate of drug-likeness (QED) is 0.171. The molecule has 4 N–H and O–H groups in total. The fraction of sp³-hybridized carbons (Fsp3) is 0.889. The van der Waals surface area contributed by atoms with Crippen LogP contribution in [0.4, 0.5) is 0 Å². The molecule has 5 heteroatoms. The first-order valence-corrected chi connectivity index (χ1v) is 4.98. The summed E-state index contributed by atoms with van der Waals surface area (Å²) in [5.41, 5.74) is 5.32. The van der Waals surface area contributed by atoms with E-state index in [2.05, 4.69) is 29.5 Å². The maximum absolute atomic E-state index is 8.27. The first-order chi connectivity index (χ1) is 6.66. The van der Waals surface area contributed by atoms with Crippen LogP contribution < -0.4 is 11.1 Å². The lowest BCUT2D eigenvalue weighted by atomic mass is 10.3. The van der Waals surface area contributed by atoms with E-state index in [4.69, 9.17) is 10.9 Å². The second kappa shape index (κ2) is 8.77. The molecule has 0 fully saturated rings. The molecule has 0 aromatic carbocycles. The summed E-state index contributed by atoms with van der Waals surface area (Å²) in [6.45, 7) is 3.05. The number of oxime groups is 1. The van der Waals surface area contributed by atoms with E-state index in [0.29, 0.717) is 12.3 Å². The maximum atomic E-state index is 8.27. The van der Waals surface area contributed by atoms with Crippen LogP contribution in [-0.2, 0) is 0 Å². The third-order valence-electron chi connectivity index (χ3n) is 1.87. The first kappa shape index (κ1) is 13.2. The Balaban J connectivity index is 3.07. The Morgan fingerprint density at radius 3 is 2.57 bits per heavy atom. The summed E-state index contributed by atoms with van der Waals surface area (Å²) in [7, 11) is 4.14. The average molecular weight is 202 g/mol. The topological polar surface area (TPSA) is 73.9 Å². The third-order valence-corrected chi connectivity index (χ3v) is 1.87. The van der Waals surface area contributed by atoms with Gasteiger partial charge in [0.15, 0.2) is 0 Å². The minimum Gasteiger partial charge on any atom is -0.409 e. The molecule has 5 nitrogen and oxygen atoms in total. The second-order valence-corrected chi connectivity index (χ2v) is 3.60. The van der Waals surface area contributed by atoms with E-state index < -0.39 is 0 Å². The molecular weight excluding hydrogens is 180 g/mol. The monoisotopic (exact) mass is 202 g/mol. The highest BCUT2D eigenvalue weighted by Gasteiger charge is 1.93. The van der Waals surface area contributed by atoms with Crippen molar-refractivity contribution in [3.63, 3.8) is 0 Å². The molecule has 0 aliphatic heterocycles. The van der Waals surface area contributed by atoms with Crippen LogP contribution in [0.5, 0.6) is 0 Å². The van der Waals surface area contributed by atoms with Gasteiger partial charge in [-0.1, -0.05) is 5.16 Å². The molecule has 0 bridgehead atoms. The van der Waals surface area contributed by atoms with Gasteiger partial charge < -0.3 is 21.2 Å². The Bertz CT molecular complexity index is 159. The molecule has 0 saturated heterocycles. The van der Waals surface area contributed by atoms with Gasteiger partial charge >= 0.3 is 0 Å². The number of nitrogens with one attached hydrogen (secondary N) is 1. The van der Waals surface area contributed by atoms with Gasteiger partial charge in [-0.2, -0.15) is 0 Å². The summed E-state index contributed by atoms with van der Waals surface area (Å²) in [5, 5.41) is 14.5. The Kier molecular flexibility index (Phi) is 8.27. The minimum atomic E-state index is 0.306. The van der Waals surface area contributed by atoms with Gasteiger partial charge in [-0.3, -0.25) is 0 Å². The summed E-state index contributed by atoms with van der Waals surface area (Å²) < 4.78 is 0. The number of hydrogen-bond acceptors (Lipinski definition) is 4. The number of amidine groups is 1. The molecular formula is C9H22N4O. The molecule has 14 heavy (non-hydrogen) atoms.